The summed E-state index contributed by atoms with van der Waals surface area (Å²) in [5.41, 5.74) is 8.08. The van der Waals surface area contributed by atoms with E-state index < -0.39 is 0 Å². The molecule has 0 aliphatic rings. The van der Waals surface area contributed by atoms with Crippen molar-refractivity contribution in [1.29, 1.82) is 0 Å². The van der Waals surface area contributed by atoms with Gasteiger partial charge in [-0.2, -0.15) is 0 Å². The Hall–Kier alpha value is -3.43. The number of anilines is 2. The predicted octanol–water partition coefficient (Wildman–Crippen LogP) is 9.37. The third-order valence-electron chi connectivity index (χ3n) is 6.13. The second-order valence-electron chi connectivity index (χ2n) is 9.61. The molecule has 0 atom stereocenters. The van der Waals surface area contributed by atoms with Gasteiger partial charge < -0.3 is 5.32 Å². The van der Waals surface area contributed by atoms with E-state index in [1.54, 1.807) is 0 Å². The molecule has 0 aliphatic heterocycles. The number of rotatable bonds is 4. The van der Waals surface area contributed by atoms with Crippen LogP contribution in [0.25, 0.3) is 33.2 Å². The Morgan fingerprint density at radius 2 is 1.44 bits per heavy atom. The highest BCUT2D eigenvalue weighted by Gasteiger charge is 2.13. The Morgan fingerprint density at radius 1 is 0.706 bits per heavy atom. The minimum absolute atomic E-state index is 0.152. The molecule has 0 amide bonds. The van der Waals surface area contributed by atoms with E-state index in [2.05, 4.69) is 133 Å². The van der Waals surface area contributed by atoms with E-state index in [0.717, 1.165) is 37.9 Å². The highest BCUT2D eigenvalue weighted by Crippen LogP contribution is 2.35. The van der Waals surface area contributed by atoms with E-state index in [1.165, 1.54) is 16.7 Å². The lowest BCUT2D eigenvalue weighted by molar-refractivity contribution is 0.590. The van der Waals surface area contributed by atoms with Crippen LogP contribution in [0, 0.1) is 0 Å². The van der Waals surface area contributed by atoms with Crippen LogP contribution in [-0.4, -0.2) is 4.98 Å². The largest absolute Gasteiger partial charge is 0.356 e. The second-order valence-corrected chi connectivity index (χ2v) is 10.5. The van der Waals surface area contributed by atoms with Crippen molar-refractivity contribution in [3.05, 3.63) is 113 Å². The molecule has 1 aromatic heterocycles. The topological polar surface area (TPSA) is 24.9 Å². The summed E-state index contributed by atoms with van der Waals surface area (Å²) in [7, 11) is 0. The molecule has 168 valence electrons. The molecular weight excluding hydrogens is 480 g/mol. The fourth-order valence-corrected chi connectivity index (χ4v) is 4.83. The zero-order valence-corrected chi connectivity index (χ0v) is 21.2. The van der Waals surface area contributed by atoms with Crippen LogP contribution in [0.15, 0.2) is 108 Å². The number of halogens is 1. The molecule has 0 saturated carbocycles. The molecule has 0 bridgehead atoms. The van der Waals surface area contributed by atoms with Gasteiger partial charge in [0.05, 0.1) is 5.69 Å². The maximum absolute atomic E-state index is 4.73. The van der Waals surface area contributed by atoms with Crippen LogP contribution in [0.1, 0.15) is 26.3 Å². The summed E-state index contributed by atoms with van der Waals surface area (Å²) in [5.74, 6) is 0. The van der Waals surface area contributed by atoms with Crippen molar-refractivity contribution in [1.82, 2.24) is 4.98 Å². The van der Waals surface area contributed by atoms with Gasteiger partial charge in [0, 0.05) is 33.0 Å². The van der Waals surface area contributed by atoms with Crippen LogP contribution in [0.2, 0.25) is 0 Å². The molecule has 0 spiro atoms. The number of hydrogen-bond donors (Lipinski definition) is 1. The molecule has 5 aromatic rings. The normalized spacial score (nSPS) is 11.5. The Morgan fingerprint density at radius 3 is 2.15 bits per heavy atom. The van der Waals surface area contributed by atoms with Crippen LogP contribution in [0.4, 0.5) is 11.4 Å². The summed E-state index contributed by atoms with van der Waals surface area (Å²) in [6.45, 7) is 6.70. The van der Waals surface area contributed by atoms with Gasteiger partial charge in [-0.05, 0) is 63.9 Å². The summed E-state index contributed by atoms with van der Waals surface area (Å²) < 4.78 is 1.06. The first-order chi connectivity index (χ1) is 16.4. The average Bonchev–Trinajstić information content (AvgIpc) is 2.84. The fraction of sp³-hybridized carbons (Fsp3) is 0.129. The Kier molecular flexibility index (Phi) is 5.97. The number of fused-ring (bicyclic) bond motifs is 1. The lowest BCUT2D eigenvalue weighted by Crippen LogP contribution is -2.10. The van der Waals surface area contributed by atoms with Crippen molar-refractivity contribution in [2.75, 3.05) is 5.32 Å². The molecular formula is C31H27BrN2. The van der Waals surface area contributed by atoms with Crippen molar-refractivity contribution in [3.63, 3.8) is 0 Å². The Bertz CT molecular complexity index is 1450. The number of pyridine rings is 1. The summed E-state index contributed by atoms with van der Waals surface area (Å²) in [6, 6.07) is 34.1. The highest BCUT2D eigenvalue weighted by atomic mass is 79.9. The third-order valence-corrected chi connectivity index (χ3v) is 6.79. The lowest BCUT2D eigenvalue weighted by atomic mass is 9.87. The van der Waals surface area contributed by atoms with Crippen molar-refractivity contribution >= 4 is 38.1 Å². The van der Waals surface area contributed by atoms with Crippen molar-refractivity contribution in [3.8, 4) is 22.4 Å². The first-order valence-corrected chi connectivity index (χ1v) is 12.3. The van der Waals surface area contributed by atoms with Gasteiger partial charge in [0.1, 0.15) is 0 Å². The minimum atomic E-state index is 0.152. The first-order valence-electron chi connectivity index (χ1n) is 11.5. The van der Waals surface area contributed by atoms with Gasteiger partial charge in [0.2, 0.25) is 0 Å². The molecule has 1 heterocycles. The van der Waals surface area contributed by atoms with Gasteiger partial charge in [-0.3, -0.25) is 4.98 Å². The van der Waals surface area contributed by atoms with E-state index in [4.69, 9.17) is 4.98 Å². The van der Waals surface area contributed by atoms with Crippen LogP contribution in [0.5, 0.6) is 0 Å². The highest BCUT2D eigenvalue weighted by molar-refractivity contribution is 9.10. The molecule has 1 N–H and O–H groups in total. The molecule has 3 heteroatoms. The van der Waals surface area contributed by atoms with Gasteiger partial charge in [-0.25, -0.2) is 0 Å². The van der Waals surface area contributed by atoms with Gasteiger partial charge in [0.25, 0.3) is 0 Å². The van der Waals surface area contributed by atoms with Crippen molar-refractivity contribution < 1.29 is 0 Å². The molecule has 5 rings (SSSR count). The van der Waals surface area contributed by atoms with Crippen LogP contribution in [-0.2, 0) is 5.41 Å². The first kappa shape index (κ1) is 22.4. The van der Waals surface area contributed by atoms with Crippen LogP contribution >= 0.6 is 15.9 Å². The molecule has 0 unspecified atom stereocenters. The molecule has 0 saturated heterocycles. The standard InChI is InChI=1S/C31H27BrN2/c1-31(2,3)24-10-12-25(13-11-24)34-26-14-16-28-22(19-26)17-18-33-30(28)23-9-15-27(29(32)20-23)21-7-5-4-6-8-21/h4-20,34H,1-3H3. The maximum atomic E-state index is 4.73. The predicted molar refractivity (Wildman–Crippen MR) is 149 cm³/mol. The zero-order valence-electron chi connectivity index (χ0n) is 19.6. The fourth-order valence-electron chi connectivity index (χ4n) is 4.22. The summed E-state index contributed by atoms with van der Waals surface area (Å²) in [4.78, 5) is 4.73. The molecule has 4 aromatic carbocycles. The zero-order chi connectivity index (χ0) is 23.7. The van der Waals surface area contributed by atoms with Gasteiger partial charge in [-0.1, -0.05) is 97.4 Å². The summed E-state index contributed by atoms with van der Waals surface area (Å²) in [5, 5.41) is 5.83. The maximum Gasteiger partial charge on any atom is 0.0780 e. The number of nitrogens with one attached hydrogen (secondary N) is 1. The third kappa shape index (κ3) is 4.62. The van der Waals surface area contributed by atoms with Crippen LogP contribution < -0.4 is 5.32 Å². The van der Waals surface area contributed by atoms with Gasteiger partial charge in [0.15, 0.2) is 0 Å². The van der Waals surface area contributed by atoms with Crippen molar-refractivity contribution in [2.45, 2.75) is 26.2 Å². The van der Waals surface area contributed by atoms with Crippen LogP contribution in [0.3, 0.4) is 0 Å². The summed E-state index contributed by atoms with van der Waals surface area (Å²) >= 11 is 3.77. The van der Waals surface area contributed by atoms with E-state index in [9.17, 15) is 0 Å². The van der Waals surface area contributed by atoms with E-state index >= 15 is 0 Å². The molecule has 0 aliphatic carbocycles. The number of nitrogens with zero attached hydrogens (tertiary/aromatic N) is 1. The van der Waals surface area contributed by atoms with E-state index in [-0.39, 0.29) is 5.41 Å². The SMILES string of the molecule is CC(C)(C)c1ccc(Nc2ccc3c(-c4ccc(-c5ccccc5)c(Br)c4)nccc3c2)cc1. The van der Waals surface area contributed by atoms with Crippen molar-refractivity contribution in [2.24, 2.45) is 0 Å². The summed E-state index contributed by atoms with van der Waals surface area (Å²) in [6.07, 6.45) is 1.89. The minimum Gasteiger partial charge on any atom is -0.356 e. The number of benzene rings is 4. The second kappa shape index (κ2) is 9.08. The number of hydrogen-bond acceptors (Lipinski definition) is 2. The van der Waals surface area contributed by atoms with E-state index in [0.29, 0.717) is 0 Å². The smallest absolute Gasteiger partial charge is 0.0780 e. The Labute approximate surface area is 209 Å². The molecule has 34 heavy (non-hydrogen) atoms. The average molecular weight is 507 g/mol. The van der Waals surface area contributed by atoms with Gasteiger partial charge in [-0.15, -0.1) is 0 Å². The quantitative estimate of drug-likeness (QED) is 0.262. The lowest BCUT2D eigenvalue weighted by Gasteiger charge is -2.19. The monoisotopic (exact) mass is 506 g/mol. The molecule has 0 fully saturated rings. The number of aromatic nitrogens is 1. The molecule has 0 radical (unpaired) electrons. The van der Waals surface area contributed by atoms with Gasteiger partial charge >= 0.3 is 0 Å². The Balaban J connectivity index is 1.45. The van der Waals surface area contributed by atoms with E-state index in [1.807, 2.05) is 12.3 Å². The molecule has 2 nitrogen and oxygen atoms in total.